The molecule has 0 bridgehead atoms. The first-order valence-electron chi connectivity index (χ1n) is 12.0. The Kier molecular flexibility index (Phi) is 9.86. The summed E-state index contributed by atoms with van der Waals surface area (Å²) in [6.45, 7) is 1.97. The van der Waals surface area contributed by atoms with Crippen LogP contribution in [0.15, 0.2) is 66.7 Å². The van der Waals surface area contributed by atoms with Crippen LogP contribution in [-0.2, 0) is 27.8 Å². The van der Waals surface area contributed by atoms with E-state index in [9.17, 15) is 18.0 Å². The minimum Gasteiger partial charge on any atom is -0.493 e. The molecule has 0 unspecified atom stereocenters. The number of nitrogens with one attached hydrogen (secondary N) is 2. The molecule has 3 aromatic rings. The quantitative estimate of drug-likeness (QED) is 0.365. The summed E-state index contributed by atoms with van der Waals surface area (Å²) in [5.74, 6) is 0.322. The van der Waals surface area contributed by atoms with E-state index < -0.39 is 15.9 Å². The molecule has 9 nitrogen and oxygen atoms in total. The SMILES string of the molecule is COc1ccc(CCNC(=O)c2ccccc2NC(=O)CN(Cc2ccc(C)cc2)S(C)(=O)=O)cc1OC. The van der Waals surface area contributed by atoms with Crippen LogP contribution in [0.25, 0.3) is 0 Å². The molecule has 0 spiro atoms. The van der Waals surface area contributed by atoms with Gasteiger partial charge in [0.25, 0.3) is 5.91 Å². The van der Waals surface area contributed by atoms with Crippen molar-refractivity contribution in [3.05, 3.63) is 89.0 Å². The lowest BCUT2D eigenvalue weighted by Crippen LogP contribution is -2.37. The molecule has 0 aliphatic rings. The van der Waals surface area contributed by atoms with Crippen LogP contribution in [0.3, 0.4) is 0 Å². The highest BCUT2D eigenvalue weighted by Crippen LogP contribution is 2.27. The molecule has 0 aromatic heterocycles. The Balaban J connectivity index is 1.63. The molecule has 38 heavy (non-hydrogen) atoms. The van der Waals surface area contributed by atoms with Crippen LogP contribution in [0.4, 0.5) is 5.69 Å². The zero-order valence-electron chi connectivity index (χ0n) is 22.0. The van der Waals surface area contributed by atoms with Gasteiger partial charge in [-0.15, -0.1) is 0 Å². The second kappa shape index (κ2) is 13.1. The number of carbonyl (C=O) groups excluding carboxylic acids is 2. The molecule has 0 saturated carbocycles. The molecule has 0 aliphatic carbocycles. The summed E-state index contributed by atoms with van der Waals surface area (Å²) >= 11 is 0. The summed E-state index contributed by atoms with van der Waals surface area (Å²) in [4.78, 5) is 25.7. The van der Waals surface area contributed by atoms with Crippen LogP contribution in [0, 0.1) is 6.92 Å². The van der Waals surface area contributed by atoms with Gasteiger partial charge in [-0.3, -0.25) is 9.59 Å². The summed E-state index contributed by atoms with van der Waals surface area (Å²) in [5, 5.41) is 5.55. The molecule has 0 fully saturated rings. The molecule has 0 aliphatic heterocycles. The van der Waals surface area contributed by atoms with Crippen LogP contribution >= 0.6 is 0 Å². The van der Waals surface area contributed by atoms with Crippen molar-refractivity contribution in [1.82, 2.24) is 9.62 Å². The second-order valence-electron chi connectivity index (χ2n) is 8.81. The molecular formula is C28H33N3O6S. The first-order chi connectivity index (χ1) is 18.1. The van der Waals surface area contributed by atoms with Crippen molar-refractivity contribution >= 4 is 27.5 Å². The van der Waals surface area contributed by atoms with Gasteiger partial charge in [0.15, 0.2) is 11.5 Å². The number of hydrogen-bond donors (Lipinski definition) is 2. The molecule has 0 heterocycles. The molecule has 3 aromatic carbocycles. The molecule has 2 amide bonds. The van der Waals surface area contributed by atoms with Crippen molar-refractivity contribution in [1.29, 1.82) is 0 Å². The van der Waals surface area contributed by atoms with Gasteiger partial charge in [0, 0.05) is 13.1 Å². The van der Waals surface area contributed by atoms with Gasteiger partial charge in [0.05, 0.1) is 38.3 Å². The van der Waals surface area contributed by atoms with Crippen molar-refractivity contribution < 1.29 is 27.5 Å². The van der Waals surface area contributed by atoms with Crippen molar-refractivity contribution in [2.75, 3.05) is 38.9 Å². The average molecular weight is 540 g/mol. The number of rotatable bonds is 12. The zero-order valence-corrected chi connectivity index (χ0v) is 22.8. The number of benzene rings is 3. The van der Waals surface area contributed by atoms with Gasteiger partial charge in [-0.2, -0.15) is 4.31 Å². The highest BCUT2D eigenvalue weighted by molar-refractivity contribution is 7.88. The first kappa shape index (κ1) is 28.7. The number of amides is 2. The molecule has 0 radical (unpaired) electrons. The molecule has 2 N–H and O–H groups in total. The number of nitrogens with zero attached hydrogens (tertiary/aromatic N) is 1. The van der Waals surface area contributed by atoms with E-state index in [1.807, 2.05) is 43.3 Å². The van der Waals surface area contributed by atoms with E-state index in [0.717, 1.165) is 27.3 Å². The van der Waals surface area contributed by atoms with E-state index in [-0.39, 0.29) is 24.6 Å². The molecule has 10 heteroatoms. The molecular weight excluding hydrogens is 506 g/mol. The fourth-order valence-corrected chi connectivity index (χ4v) is 4.51. The van der Waals surface area contributed by atoms with Crippen molar-refractivity contribution in [2.24, 2.45) is 0 Å². The third kappa shape index (κ3) is 8.06. The first-order valence-corrected chi connectivity index (χ1v) is 13.8. The van der Waals surface area contributed by atoms with Gasteiger partial charge in [0.1, 0.15) is 0 Å². The number of carbonyl (C=O) groups is 2. The molecule has 3 rings (SSSR count). The minimum atomic E-state index is -3.66. The van der Waals surface area contributed by atoms with E-state index in [1.165, 1.54) is 0 Å². The normalized spacial score (nSPS) is 11.2. The van der Waals surface area contributed by atoms with Gasteiger partial charge >= 0.3 is 0 Å². The lowest BCUT2D eigenvalue weighted by molar-refractivity contribution is -0.116. The highest BCUT2D eigenvalue weighted by Gasteiger charge is 2.22. The van der Waals surface area contributed by atoms with E-state index in [4.69, 9.17) is 9.47 Å². The second-order valence-corrected chi connectivity index (χ2v) is 10.8. The maximum Gasteiger partial charge on any atom is 0.253 e. The predicted octanol–water partition coefficient (Wildman–Crippen LogP) is 3.39. The fraction of sp³-hybridized carbons (Fsp3) is 0.286. The number of aryl methyl sites for hydroxylation is 1. The summed E-state index contributed by atoms with van der Waals surface area (Å²) < 4.78 is 36.4. The zero-order chi connectivity index (χ0) is 27.7. The number of anilines is 1. The standard InChI is InChI=1S/C28H33N3O6S/c1-20-9-11-22(12-10-20)18-31(38(4,34)35)19-27(32)30-24-8-6-5-7-23(24)28(33)29-16-15-21-13-14-25(36-2)26(17-21)37-3/h5-14,17H,15-16,18-19H2,1-4H3,(H,29,33)(H,30,32). The topological polar surface area (TPSA) is 114 Å². The van der Waals surface area contributed by atoms with Crippen molar-refractivity contribution in [3.8, 4) is 11.5 Å². The lowest BCUT2D eigenvalue weighted by Gasteiger charge is -2.20. The summed E-state index contributed by atoms with van der Waals surface area (Å²) in [5.41, 5.74) is 3.35. The van der Waals surface area contributed by atoms with Crippen LogP contribution in [0.5, 0.6) is 11.5 Å². The van der Waals surface area contributed by atoms with Crippen molar-refractivity contribution in [2.45, 2.75) is 19.9 Å². The van der Waals surface area contributed by atoms with Gasteiger partial charge in [-0.1, -0.05) is 48.0 Å². The van der Waals surface area contributed by atoms with Crippen LogP contribution in [0.1, 0.15) is 27.0 Å². The summed E-state index contributed by atoms with van der Waals surface area (Å²) in [7, 11) is -0.531. The average Bonchev–Trinajstić information content (AvgIpc) is 2.89. The Morgan fingerprint density at radius 2 is 1.55 bits per heavy atom. The van der Waals surface area contributed by atoms with E-state index in [1.54, 1.807) is 44.6 Å². The van der Waals surface area contributed by atoms with Crippen molar-refractivity contribution in [3.63, 3.8) is 0 Å². The number of hydrogen-bond acceptors (Lipinski definition) is 6. The Bertz CT molecular complexity index is 1370. The maximum atomic E-state index is 12.9. The lowest BCUT2D eigenvalue weighted by atomic mass is 10.1. The minimum absolute atomic E-state index is 0.0603. The number of methoxy groups -OCH3 is 2. The Hall–Kier alpha value is -3.89. The Morgan fingerprint density at radius 3 is 2.21 bits per heavy atom. The third-order valence-corrected chi connectivity index (χ3v) is 7.06. The predicted molar refractivity (Wildman–Crippen MR) is 147 cm³/mol. The molecule has 0 saturated heterocycles. The maximum absolute atomic E-state index is 12.9. The third-order valence-electron chi connectivity index (χ3n) is 5.86. The largest absolute Gasteiger partial charge is 0.493 e. The number of sulfonamides is 1. The fourth-order valence-electron chi connectivity index (χ4n) is 3.78. The summed E-state index contributed by atoms with van der Waals surface area (Å²) in [6.07, 6.45) is 1.62. The van der Waals surface area contributed by atoms with Gasteiger partial charge in [0.2, 0.25) is 15.9 Å². The number of para-hydroxylation sites is 1. The van der Waals surface area contributed by atoms with E-state index in [2.05, 4.69) is 10.6 Å². The number of ether oxygens (including phenoxy) is 2. The molecule has 202 valence electrons. The van der Waals surface area contributed by atoms with Gasteiger partial charge in [-0.25, -0.2) is 8.42 Å². The Labute approximate surface area is 223 Å². The van der Waals surface area contributed by atoms with Gasteiger partial charge in [-0.05, 0) is 48.7 Å². The monoisotopic (exact) mass is 539 g/mol. The van der Waals surface area contributed by atoms with Gasteiger partial charge < -0.3 is 20.1 Å². The van der Waals surface area contributed by atoms with E-state index in [0.29, 0.717) is 30.2 Å². The van der Waals surface area contributed by atoms with E-state index >= 15 is 0 Å². The molecule has 0 atom stereocenters. The Morgan fingerprint density at radius 1 is 0.895 bits per heavy atom. The smallest absolute Gasteiger partial charge is 0.253 e. The summed E-state index contributed by atoms with van der Waals surface area (Å²) in [6, 6.07) is 19.6. The van der Waals surface area contributed by atoms with Crippen LogP contribution in [0.2, 0.25) is 0 Å². The van der Waals surface area contributed by atoms with Crippen LogP contribution in [-0.4, -0.2) is 58.1 Å². The highest BCUT2D eigenvalue weighted by atomic mass is 32.2. The van der Waals surface area contributed by atoms with Crippen LogP contribution < -0.4 is 20.1 Å².